The van der Waals surface area contributed by atoms with Gasteiger partial charge in [0.1, 0.15) is 0 Å². The van der Waals surface area contributed by atoms with Gasteiger partial charge in [-0.3, -0.25) is 4.79 Å². The normalized spacial score (nSPS) is 15.9. The number of rotatable bonds is 6. The summed E-state index contributed by atoms with van der Waals surface area (Å²) in [6.45, 7) is 4.12. The van der Waals surface area contributed by atoms with Crippen molar-refractivity contribution in [3.8, 4) is 0 Å². The minimum absolute atomic E-state index is 0.0959. The number of carbonyl (C=O) groups is 1. The van der Waals surface area contributed by atoms with Gasteiger partial charge in [0.05, 0.1) is 11.3 Å². The fraction of sp³-hybridized carbons (Fsp3) is 0.409. The van der Waals surface area contributed by atoms with Crippen LogP contribution in [0.25, 0.3) is 0 Å². The molecule has 0 heterocycles. The molecule has 1 aliphatic carbocycles. The first-order valence-electron chi connectivity index (χ1n) is 9.31. The molecule has 0 saturated carbocycles. The summed E-state index contributed by atoms with van der Waals surface area (Å²) in [7, 11) is 0. The van der Waals surface area contributed by atoms with Crippen LogP contribution in [0.2, 0.25) is 0 Å². The van der Waals surface area contributed by atoms with Gasteiger partial charge in [-0.05, 0) is 67.9 Å². The molecule has 1 N–H and O–H groups in total. The molecule has 0 saturated heterocycles. The molecule has 132 valence electrons. The highest BCUT2D eigenvalue weighted by Gasteiger charge is 2.20. The summed E-state index contributed by atoms with van der Waals surface area (Å²) in [5.74, 6) is 0.110. The topological polar surface area (TPSA) is 29.1 Å². The van der Waals surface area contributed by atoms with Crippen molar-refractivity contribution in [2.75, 3.05) is 0 Å². The molecule has 2 atom stereocenters. The van der Waals surface area contributed by atoms with Crippen molar-refractivity contribution in [2.45, 2.75) is 62.1 Å². The van der Waals surface area contributed by atoms with Crippen molar-refractivity contribution in [1.82, 2.24) is 5.32 Å². The fourth-order valence-electron chi connectivity index (χ4n) is 3.44. The van der Waals surface area contributed by atoms with E-state index >= 15 is 0 Å². The first-order chi connectivity index (χ1) is 12.2. The molecule has 0 aliphatic heterocycles. The Kier molecular flexibility index (Phi) is 6.19. The Labute approximate surface area is 155 Å². The van der Waals surface area contributed by atoms with Gasteiger partial charge in [0.25, 0.3) is 0 Å². The second-order valence-corrected chi connectivity index (χ2v) is 8.19. The van der Waals surface area contributed by atoms with E-state index in [2.05, 4.69) is 42.6 Å². The van der Waals surface area contributed by atoms with Gasteiger partial charge in [-0.25, -0.2) is 0 Å². The lowest BCUT2D eigenvalue weighted by Gasteiger charge is -2.23. The molecule has 0 bridgehead atoms. The van der Waals surface area contributed by atoms with Crippen molar-refractivity contribution in [1.29, 1.82) is 0 Å². The number of benzene rings is 2. The van der Waals surface area contributed by atoms with Crippen LogP contribution in [0.4, 0.5) is 0 Å². The van der Waals surface area contributed by atoms with Crippen LogP contribution in [-0.4, -0.2) is 11.2 Å². The van der Waals surface area contributed by atoms with E-state index in [0.29, 0.717) is 0 Å². The molecule has 0 fully saturated rings. The SMILES string of the molecule is CC[C@@H](NC(=O)[C@@H](C)Sc1ccccc1)c1ccc2c(c1)CCCC2. The van der Waals surface area contributed by atoms with Gasteiger partial charge in [0, 0.05) is 4.90 Å². The monoisotopic (exact) mass is 353 g/mol. The summed E-state index contributed by atoms with van der Waals surface area (Å²) in [6, 6.07) is 17.0. The first-order valence-corrected chi connectivity index (χ1v) is 10.2. The average molecular weight is 354 g/mol. The Morgan fingerprint density at radius 3 is 2.52 bits per heavy atom. The maximum Gasteiger partial charge on any atom is 0.233 e. The predicted molar refractivity (Wildman–Crippen MR) is 106 cm³/mol. The van der Waals surface area contributed by atoms with E-state index in [0.717, 1.165) is 11.3 Å². The molecule has 2 aromatic rings. The molecule has 0 spiro atoms. The average Bonchev–Trinajstić information content (AvgIpc) is 2.66. The number of nitrogens with one attached hydrogen (secondary N) is 1. The van der Waals surface area contributed by atoms with Crippen LogP contribution in [0.15, 0.2) is 53.4 Å². The smallest absolute Gasteiger partial charge is 0.233 e. The van der Waals surface area contributed by atoms with Gasteiger partial charge in [-0.1, -0.05) is 43.3 Å². The minimum atomic E-state index is -0.103. The van der Waals surface area contributed by atoms with Crippen LogP contribution in [0.5, 0.6) is 0 Å². The minimum Gasteiger partial charge on any atom is -0.348 e. The molecule has 0 radical (unpaired) electrons. The van der Waals surface area contributed by atoms with E-state index in [1.807, 2.05) is 25.1 Å². The zero-order chi connectivity index (χ0) is 17.6. The lowest BCUT2D eigenvalue weighted by Crippen LogP contribution is -2.34. The largest absolute Gasteiger partial charge is 0.348 e. The number of hydrogen-bond acceptors (Lipinski definition) is 2. The van der Waals surface area contributed by atoms with Gasteiger partial charge in [0.2, 0.25) is 5.91 Å². The summed E-state index contributed by atoms with van der Waals surface area (Å²) in [5.41, 5.74) is 4.21. The quantitative estimate of drug-likeness (QED) is 0.713. The maximum absolute atomic E-state index is 12.6. The molecular formula is C22H27NOS. The molecule has 1 aliphatic rings. The third kappa shape index (κ3) is 4.66. The van der Waals surface area contributed by atoms with Gasteiger partial charge >= 0.3 is 0 Å². The maximum atomic E-state index is 12.6. The summed E-state index contributed by atoms with van der Waals surface area (Å²) in [4.78, 5) is 13.8. The zero-order valence-corrected chi connectivity index (χ0v) is 15.9. The van der Waals surface area contributed by atoms with Gasteiger partial charge in [0.15, 0.2) is 0 Å². The van der Waals surface area contributed by atoms with E-state index in [1.165, 1.54) is 42.4 Å². The standard InChI is InChI=1S/C22H27NOS/c1-3-21(19-14-13-17-9-7-8-10-18(17)15-19)23-22(24)16(2)25-20-11-5-4-6-12-20/h4-6,11-16,21H,3,7-10H2,1-2H3,(H,23,24)/t16-,21-/m1/s1. The number of fused-ring (bicyclic) bond motifs is 1. The third-order valence-corrected chi connectivity index (χ3v) is 6.04. The number of carbonyl (C=O) groups excluding carboxylic acids is 1. The summed E-state index contributed by atoms with van der Waals surface area (Å²) >= 11 is 1.61. The Bertz CT molecular complexity index is 713. The Balaban J connectivity index is 1.66. The molecule has 1 amide bonds. The van der Waals surface area contributed by atoms with Crippen LogP contribution in [-0.2, 0) is 17.6 Å². The van der Waals surface area contributed by atoms with E-state index in [9.17, 15) is 4.79 Å². The van der Waals surface area contributed by atoms with Crippen molar-refractivity contribution in [3.05, 3.63) is 65.2 Å². The molecule has 2 aromatic carbocycles. The highest BCUT2D eigenvalue weighted by atomic mass is 32.2. The Morgan fingerprint density at radius 2 is 1.80 bits per heavy atom. The third-order valence-electron chi connectivity index (χ3n) is 4.92. The second kappa shape index (κ2) is 8.57. The van der Waals surface area contributed by atoms with Crippen LogP contribution in [0.3, 0.4) is 0 Å². The molecule has 3 rings (SSSR count). The highest BCUT2D eigenvalue weighted by molar-refractivity contribution is 8.00. The Morgan fingerprint density at radius 1 is 1.08 bits per heavy atom. The van der Waals surface area contributed by atoms with Crippen LogP contribution >= 0.6 is 11.8 Å². The zero-order valence-electron chi connectivity index (χ0n) is 15.1. The molecule has 2 nitrogen and oxygen atoms in total. The Hall–Kier alpha value is -1.74. The van der Waals surface area contributed by atoms with E-state index in [-0.39, 0.29) is 17.2 Å². The van der Waals surface area contributed by atoms with E-state index < -0.39 is 0 Å². The predicted octanol–water partition coefficient (Wildman–Crippen LogP) is 5.31. The second-order valence-electron chi connectivity index (χ2n) is 6.78. The molecule has 0 aromatic heterocycles. The lowest BCUT2D eigenvalue weighted by atomic mass is 9.89. The number of aryl methyl sites for hydroxylation is 2. The van der Waals surface area contributed by atoms with Crippen LogP contribution in [0.1, 0.15) is 55.8 Å². The van der Waals surface area contributed by atoms with E-state index in [1.54, 1.807) is 11.8 Å². The number of hydrogen-bond donors (Lipinski definition) is 1. The van der Waals surface area contributed by atoms with Crippen molar-refractivity contribution in [2.24, 2.45) is 0 Å². The van der Waals surface area contributed by atoms with Gasteiger partial charge in [-0.15, -0.1) is 11.8 Å². The number of amides is 1. The van der Waals surface area contributed by atoms with Crippen molar-refractivity contribution < 1.29 is 4.79 Å². The van der Waals surface area contributed by atoms with Crippen LogP contribution in [0, 0.1) is 0 Å². The van der Waals surface area contributed by atoms with E-state index in [4.69, 9.17) is 0 Å². The van der Waals surface area contributed by atoms with Gasteiger partial charge < -0.3 is 5.32 Å². The number of thioether (sulfide) groups is 1. The molecule has 3 heteroatoms. The summed E-state index contributed by atoms with van der Waals surface area (Å²) in [5, 5.41) is 3.15. The van der Waals surface area contributed by atoms with Gasteiger partial charge in [-0.2, -0.15) is 0 Å². The fourth-order valence-corrected chi connectivity index (χ4v) is 4.33. The first kappa shape index (κ1) is 18.1. The van der Waals surface area contributed by atoms with Crippen LogP contribution < -0.4 is 5.32 Å². The summed E-state index contributed by atoms with van der Waals surface area (Å²) in [6.07, 6.45) is 5.86. The lowest BCUT2D eigenvalue weighted by molar-refractivity contribution is -0.121. The highest BCUT2D eigenvalue weighted by Crippen LogP contribution is 2.27. The molecule has 0 unspecified atom stereocenters. The summed E-state index contributed by atoms with van der Waals surface area (Å²) < 4.78 is 0. The molecular weight excluding hydrogens is 326 g/mol. The van der Waals surface area contributed by atoms with Crippen molar-refractivity contribution in [3.63, 3.8) is 0 Å². The molecule has 25 heavy (non-hydrogen) atoms. The van der Waals surface area contributed by atoms with Crippen molar-refractivity contribution >= 4 is 17.7 Å².